The second-order valence-corrected chi connectivity index (χ2v) is 6.27. The third-order valence-electron chi connectivity index (χ3n) is 2.26. The van der Waals surface area contributed by atoms with Crippen LogP contribution in [0.2, 0.25) is 0 Å². The second kappa shape index (κ2) is 4.39. The summed E-state index contributed by atoms with van der Waals surface area (Å²) < 4.78 is 35.6. The van der Waals surface area contributed by atoms with Crippen molar-refractivity contribution >= 4 is 22.3 Å². The molecule has 1 heterocycles. The summed E-state index contributed by atoms with van der Waals surface area (Å²) in [5, 5.41) is 2.25. The molecule has 0 aromatic rings. The summed E-state index contributed by atoms with van der Waals surface area (Å²) in [4.78, 5) is 22.8. The average Bonchev–Trinajstić information content (AvgIpc) is 2.09. The average molecular weight is 280 g/mol. The van der Waals surface area contributed by atoms with Crippen LogP contribution in [0.5, 0.6) is 0 Å². The van der Waals surface area contributed by atoms with Crippen LogP contribution in [0.15, 0.2) is 0 Å². The van der Waals surface area contributed by atoms with Crippen LogP contribution in [-0.2, 0) is 19.8 Å². The van der Waals surface area contributed by atoms with Crippen molar-refractivity contribution in [3.05, 3.63) is 0 Å². The number of nitrogens with zero attached hydrogens (tertiary/aromatic N) is 1. The summed E-state index contributed by atoms with van der Waals surface area (Å²) in [5.41, 5.74) is -0.719. The molecule has 0 bridgehead atoms. The first-order valence-corrected chi connectivity index (χ1v) is 6.63. The first-order chi connectivity index (χ1) is 7.93. The summed E-state index contributed by atoms with van der Waals surface area (Å²) in [6, 6.07) is -1.86. The van der Waals surface area contributed by atoms with Crippen molar-refractivity contribution in [2.45, 2.75) is 45.4 Å². The highest BCUT2D eigenvalue weighted by Gasteiger charge is 2.51. The summed E-state index contributed by atoms with van der Waals surface area (Å²) >= 11 is 0. The van der Waals surface area contributed by atoms with Crippen molar-refractivity contribution in [1.29, 1.82) is 0 Å². The number of carbonyl (C=O) groups excluding carboxylic acids is 2. The minimum absolute atomic E-state index is 0.301. The minimum atomic E-state index is -4.58. The van der Waals surface area contributed by atoms with Gasteiger partial charge >= 0.3 is 16.4 Å². The lowest BCUT2D eigenvalue weighted by Gasteiger charge is -2.42. The highest BCUT2D eigenvalue weighted by Crippen LogP contribution is 2.23. The fraction of sp³-hybridized carbons (Fsp3) is 0.778. The fourth-order valence-electron chi connectivity index (χ4n) is 1.54. The maximum Gasteiger partial charge on any atom is 0.408 e. The van der Waals surface area contributed by atoms with E-state index in [9.17, 15) is 18.0 Å². The Labute approximate surface area is 105 Å². The smallest absolute Gasteiger partial charge is 0.408 e. The van der Waals surface area contributed by atoms with Crippen molar-refractivity contribution in [2.75, 3.05) is 0 Å². The molecular formula is C9H16N2O6S. The molecule has 1 saturated heterocycles. The van der Waals surface area contributed by atoms with Gasteiger partial charge in [0.2, 0.25) is 0 Å². The van der Waals surface area contributed by atoms with Crippen LogP contribution in [0.25, 0.3) is 0 Å². The molecule has 2 atom stereocenters. The van der Waals surface area contributed by atoms with Crippen molar-refractivity contribution in [3.63, 3.8) is 0 Å². The van der Waals surface area contributed by atoms with Crippen LogP contribution in [0.3, 0.4) is 0 Å². The normalized spacial score (nSPS) is 24.5. The topological polar surface area (TPSA) is 113 Å². The van der Waals surface area contributed by atoms with Gasteiger partial charge in [0.15, 0.2) is 0 Å². The third kappa shape index (κ3) is 3.10. The Morgan fingerprint density at radius 1 is 1.44 bits per heavy atom. The van der Waals surface area contributed by atoms with E-state index >= 15 is 0 Å². The molecule has 2 N–H and O–H groups in total. The molecule has 0 saturated carbocycles. The van der Waals surface area contributed by atoms with Gasteiger partial charge < -0.3 is 10.1 Å². The number of carbonyl (C=O) groups is 2. The lowest BCUT2D eigenvalue weighted by atomic mass is 10.0. The van der Waals surface area contributed by atoms with E-state index in [-0.39, 0.29) is 0 Å². The van der Waals surface area contributed by atoms with E-state index in [1.807, 2.05) is 0 Å². The lowest BCUT2D eigenvalue weighted by molar-refractivity contribution is -0.141. The van der Waals surface area contributed by atoms with Crippen LogP contribution in [0.1, 0.15) is 27.7 Å². The van der Waals surface area contributed by atoms with E-state index in [0.717, 1.165) is 0 Å². The van der Waals surface area contributed by atoms with Crippen molar-refractivity contribution < 1.29 is 27.3 Å². The summed E-state index contributed by atoms with van der Waals surface area (Å²) in [6.45, 7) is 6.35. The number of hydrogen-bond acceptors (Lipinski definition) is 5. The fourth-order valence-corrected chi connectivity index (χ4v) is 2.42. The predicted molar refractivity (Wildman–Crippen MR) is 61.0 cm³/mol. The minimum Gasteiger partial charge on any atom is -0.444 e. The SMILES string of the molecule is CC1C(NC(=O)OC(C)(C)C)C(=O)N1S(=O)(=O)O. The predicted octanol–water partition coefficient (Wildman–Crippen LogP) is -0.0868. The Morgan fingerprint density at radius 3 is 2.28 bits per heavy atom. The van der Waals surface area contributed by atoms with Crippen LogP contribution < -0.4 is 5.32 Å². The zero-order valence-corrected chi connectivity index (χ0v) is 11.3. The molecule has 9 heteroatoms. The highest BCUT2D eigenvalue weighted by atomic mass is 32.2. The lowest BCUT2D eigenvalue weighted by Crippen LogP contribution is -2.70. The van der Waals surface area contributed by atoms with E-state index in [1.165, 1.54) is 6.92 Å². The van der Waals surface area contributed by atoms with Gasteiger partial charge in [-0.05, 0) is 27.7 Å². The van der Waals surface area contributed by atoms with E-state index in [0.29, 0.717) is 4.31 Å². The second-order valence-electron chi connectivity index (χ2n) is 4.98. The Kier molecular flexibility index (Phi) is 3.59. The van der Waals surface area contributed by atoms with Gasteiger partial charge in [-0.1, -0.05) is 0 Å². The summed E-state index contributed by atoms with van der Waals surface area (Å²) in [5.74, 6) is -0.893. The number of β-lactam (4-membered cyclic amide) rings is 1. The van der Waals surface area contributed by atoms with E-state index in [4.69, 9.17) is 9.29 Å². The van der Waals surface area contributed by atoms with Crippen LogP contribution >= 0.6 is 0 Å². The van der Waals surface area contributed by atoms with Crippen LogP contribution in [0, 0.1) is 0 Å². The molecule has 0 aliphatic carbocycles. The van der Waals surface area contributed by atoms with Gasteiger partial charge in [0.1, 0.15) is 11.6 Å². The van der Waals surface area contributed by atoms with Gasteiger partial charge in [0.25, 0.3) is 5.91 Å². The third-order valence-corrected chi connectivity index (χ3v) is 3.27. The molecule has 1 rings (SSSR count). The molecule has 0 aromatic heterocycles. The zero-order valence-electron chi connectivity index (χ0n) is 10.5. The van der Waals surface area contributed by atoms with Gasteiger partial charge in [0, 0.05) is 0 Å². The number of nitrogens with one attached hydrogen (secondary N) is 1. The molecule has 104 valence electrons. The monoisotopic (exact) mass is 280 g/mol. The van der Waals surface area contributed by atoms with Crippen molar-refractivity contribution in [1.82, 2.24) is 9.62 Å². The summed E-state index contributed by atoms with van der Waals surface area (Å²) in [6.07, 6.45) is -0.817. The van der Waals surface area contributed by atoms with Gasteiger partial charge in [-0.3, -0.25) is 9.35 Å². The number of rotatable bonds is 2. The van der Waals surface area contributed by atoms with E-state index < -0.39 is 40.0 Å². The Hall–Kier alpha value is -1.35. The first-order valence-electron chi connectivity index (χ1n) is 5.23. The van der Waals surface area contributed by atoms with Gasteiger partial charge in [0.05, 0.1) is 6.04 Å². The number of amides is 2. The molecule has 8 nitrogen and oxygen atoms in total. The van der Waals surface area contributed by atoms with Crippen LogP contribution in [-0.4, -0.2) is 47.0 Å². The molecule has 18 heavy (non-hydrogen) atoms. The molecule has 2 amide bonds. The molecule has 0 radical (unpaired) electrons. The number of ether oxygens (including phenoxy) is 1. The quantitative estimate of drug-likeness (QED) is 0.540. The van der Waals surface area contributed by atoms with Gasteiger partial charge in [-0.2, -0.15) is 8.42 Å². The molecule has 0 aromatic carbocycles. The van der Waals surface area contributed by atoms with Crippen LogP contribution in [0.4, 0.5) is 4.79 Å². The summed E-state index contributed by atoms with van der Waals surface area (Å²) in [7, 11) is -4.58. The maximum atomic E-state index is 11.4. The largest absolute Gasteiger partial charge is 0.444 e. The van der Waals surface area contributed by atoms with Gasteiger partial charge in [-0.15, -0.1) is 0 Å². The Bertz CT molecular complexity index is 466. The molecule has 1 aliphatic rings. The standard InChI is InChI=1S/C9H16N2O6S/c1-5-6(7(12)11(5)18(14,15)16)10-8(13)17-9(2,3)4/h5-6H,1-4H3,(H,10,13)(H,14,15,16). The van der Waals surface area contributed by atoms with E-state index in [1.54, 1.807) is 20.8 Å². The molecule has 1 aliphatic heterocycles. The maximum absolute atomic E-state index is 11.4. The highest BCUT2D eigenvalue weighted by molar-refractivity contribution is 7.84. The number of alkyl carbamates (subject to hydrolysis) is 1. The number of hydrogen-bond donors (Lipinski definition) is 2. The van der Waals surface area contributed by atoms with Crippen molar-refractivity contribution in [3.8, 4) is 0 Å². The molecule has 2 unspecified atom stereocenters. The van der Waals surface area contributed by atoms with Gasteiger partial charge in [-0.25, -0.2) is 9.10 Å². The van der Waals surface area contributed by atoms with Crippen molar-refractivity contribution in [2.24, 2.45) is 0 Å². The molecule has 1 fully saturated rings. The molecule has 0 spiro atoms. The van der Waals surface area contributed by atoms with E-state index in [2.05, 4.69) is 5.32 Å². The zero-order chi connectivity index (χ0) is 14.3. The Balaban J connectivity index is 2.63. The first kappa shape index (κ1) is 14.7. The molecular weight excluding hydrogens is 264 g/mol. The Morgan fingerprint density at radius 2 is 1.94 bits per heavy atom.